The van der Waals surface area contributed by atoms with E-state index in [0.29, 0.717) is 56.2 Å². The number of amides is 4. The summed E-state index contributed by atoms with van der Waals surface area (Å²) in [6, 6.07) is 9.18. The number of carbonyl (C=O) groups is 3. The number of rotatable bonds is 6. The number of carbonyl (C=O) groups excluding carboxylic acids is 3. The average Bonchev–Trinajstić information content (AvgIpc) is 3.43. The van der Waals surface area contributed by atoms with E-state index in [-0.39, 0.29) is 24.1 Å². The number of alkyl halides is 3. The summed E-state index contributed by atoms with van der Waals surface area (Å²) >= 11 is 0. The van der Waals surface area contributed by atoms with E-state index in [1.165, 1.54) is 24.1 Å². The molecular weight excluding hydrogens is 503 g/mol. The van der Waals surface area contributed by atoms with Gasteiger partial charge in [0.05, 0.1) is 11.1 Å². The van der Waals surface area contributed by atoms with Gasteiger partial charge in [-0.2, -0.15) is 13.2 Å². The van der Waals surface area contributed by atoms with Crippen molar-refractivity contribution in [3.63, 3.8) is 0 Å². The highest BCUT2D eigenvalue weighted by Gasteiger charge is 2.31. The molecule has 0 spiro atoms. The van der Waals surface area contributed by atoms with Crippen LogP contribution in [0.15, 0.2) is 42.5 Å². The third-order valence-corrected chi connectivity index (χ3v) is 6.53. The summed E-state index contributed by atoms with van der Waals surface area (Å²) in [6.07, 6.45) is -2.63. The predicted octanol–water partition coefficient (Wildman–Crippen LogP) is 3.88. The molecule has 0 aliphatic carbocycles. The Bertz CT molecular complexity index is 1180. The summed E-state index contributed by atoms with van der Waals surface area (Å²) in [5.74, 6) is -0.453. The Morgan fingerprint density at radius 1 is 0.868 bits per heavy atom. The van der Waals surface area contributed by atoms with Gasteiger partial charge in [0.1, 0.15) is 6.61 Å². The molecule has 0 atom stereocenters. The van der Waals surface area contributed by atoms with Crippen LogP contribution in [-0.4, -0.2) is 80.6 Å². The highest BCUT2D eigenvalue weighted by atomic mass is 19.4. The molecule has 0 saturated carbocycles. The van der Waals surface area contributed by atoms with E-state index < -0.39 is 17.8 Å². The van der Waals surface area contributed by atoms with Crippen LogP contribution in [0.2, 0.25) is 0 Å². The fourth-order valence-corrected chi connectivity index (χ4v) is 4.61. The highest BCUT2D eigenvalue weighted by Crippen LogP contribution is 2.31. The van der Waals surface area contributed by atoms with Crippen LogP contribution in [0.3, 0.4) is 0 Å². The standard InChI is InChI=1S/C26H30F3N5O4/c1-38-17-23(35)30-20-7-8-22(21(16-20)24(36)33-9-2-3-10-33)32-11-13-34(14-12-32)25(37)31-19-6-4-5-18(15-19)26(27,28)29/h4-8,15-16H,2-3,9-14,17H2,1H3,(H,30,35)(H,31,37). The lowest BCUT2D eigenvalue weighted by molar-refractivity contribution is -0.137. The number of likely N-dealkylation sites (tertiary alicyclic amines) is 1. The molecule has 2 N–H and O–H groups in total. The summed E-state index contributed by atoms with van der Waals surface area (Å²) in [4.78, 5) is 43.4. The topological polar surface area (TPSA) is 94.2 Å². The summed E-state index contributed by atoms with van der Waals surface area (Å²) in [6.45, 7) is 2.70. The number of urea groups is 1. The maximum atomic E-state index is 13.4. The van der Waals surface area contributed by atoms with Crippen molar-refractivity contribution in [2.75, 3.05) is 68.5 Å². The van der Waals surface area contributed by atoms with Crippen LogP contribution in [0.4, 0.5) is 35.0 Å². The highest BCUT2D eigenvalue weighted by molar-refractivity contribution is 6.02. The molecule has 2 heterocycles. The minimum atomic E-state index is -4.50. The number of nitrogens with zero attached hydrogens (tertiary/aromatic N) is 3. The van der Waals surface area contributed by atoms with Crippen molar-refractivity contribution in [2.45, 2.75) is 19.0 Å². The molecule has 0 aromatic heterocycles. The molecule has 2 saturated heterocycles. The van der Waals surface area contributed by atoms with E-state index in [2.05, 4.69) is 10.6 Å². The Balaban J connectivity index is 1.45. The van der Waals surface area contributed by atoms with Crippen molar-refractivity contribution in [1.82, 2.24) is 9.80 Å². The Labute approximate surface area is 218 Å². The molecule has 0 radical (unpaired) electrons. The molecule has 0 unspecified atom stereocenters. The molecule has 4 amide bonds. The fourth-order valence-electron chi connectivity index (χ4n) is 4.61. The molecular formula is C26H30F3N5O4. The lowest BCUT2D eigenvalue weighted by Crippen LogP contribution is -2.50. The quantitative estimate of drug-likeness (QED) is 0.588. The van der Waals surface area contributed by atoms with Gasteiger partial charge in [-0.25, -0.2) is 4.79 Å². The minimum Gasteiger partial charge on any atom is -0.375 e. The second kappa shape index (κ2) is 11.7. The predicted molar refractivity (Wildman–Crippen MR) is 136 cm³/mol. The number of anilines is 3. The monoisotopic (exact) mass is 533 g/mol. The van der Waals surface area contributed by atoms with Gasteiger partial charge < -0.3 is 30.1 Å². The van der Waals surface area contributed by atoms with Crippen molar-refractivity contribution in [3.05, 3.63) is 53.6 Å². The Morgan fingerprint density at radius 3 is 2.21 bits per heavy atom. The molecule has 204 valence electrons. The molecule has 9 nitrogen and oxygen atoms in total. The van der Waals surface area contributed by atoms with Crippen molar-refractivity contribution in [3.8, 4) is 0 Å². The van der Waals surface area contributed by atoms with Crippen LogP contribution in [-0.2, 0) is 15.7 Å². The fraction of sp³-hybridized carbons (Fsp3) is 0.423. The first-order valence-corrected chi connectivity index (χ1v) is 12.4. The number of hydrogen-bond acceptors (Lipinski definition) is 5. The molecule has 2 fully saturated rings. The first-order valence-electron chi connectivity index (χ1n) is 12.4. The van der Waals surface area contributed by atoms with Crippen LogP contribution in [0.1, 0.15) is 28.8 Å². The van der Waals surface area contributed by atoms with Gasteiger partial charge in [0.25, 0.3) is 5.91 Å². The van der Waals surface area contributed by atoms with Gasteiger partial charge in [-0.3, -0.25) is 9.59 Å². The number of hydrogen-bond donors (Lipinski definition) is 2. The van der Waals surface area contributed by atoms with E-state index in [4.69, 9.17) is 4.74 Å². The summed E-state index contributed by atoms with van der Waals surface area (Å²) < 4.78 is 43.8. The molecule has 0 bridgehead atoms. The van der Waals surface area contributed by atoms with Gasteiger partial charge in [0, 0.05) is 63.4 Å². The van der Waals surface area contributed by atoms with Crippen molar-refractivity contribution in [2.24, 2.45) is 0 Å². The van der Waals surface area contributed by atoms with Crippen molar-refractivity contribution >= 4 is 34.9 Å². The summed E-state index contributed by atoms with van der Waals surface area (Å²) in [7, 11) is 1.42. The maximum absolute atomic E-state index is 13.4. The van der Waals surface area contributed by atoms with Crippen LogP contribution in [0, 0.1) is 0 Å². The van der Waals surface area contributed by atoms with Crippen LogP contribution < -0.4 is 15.5 Å². The third-order valence-electron chi connectivity index (χ3n) is 6.53. The molecule has 2 aliphatic heterocycles. The number of ether oxygens (including phenoxy) is 1. The van der Waals surface area contributed by atoms with Gasteiger partial charge in [-0.15, -0.1) is 0 Å². The maximum Gasteiger partial charge on any atom is 0.416 e. The minimum absolute atomic E-state index is 0.0665. The number of nitrogens with one attached hydrogen (secondary N) is 2. The Kier molecular flexibility index (Phi) is 8.40. The summed E-state index contributed by atoms with van der Waals surface area (Å²) in [5, 5.41) is 5.27. The SMILES string of the molecule is COCC(=O)Nc1ccc(N2CCN(C(=O)Nc3cccc(C(F)(F)F)c3)CC2)c(C(=O)N2CCCC2)c1. The van der Waals surface area contributed by atoms with E-state index in [9.17, 15) is 27.6 Å². The van der Waals surface area contributed by atoms with Gasteiger partial charge in [-0.05, 0) is 49.2 Å². The number of methoxy groups -OCH3 is 1. The molecule has 2 aromatic rings. The van der Waals surface area contributed by atoms with Crippen molar-refractivity contribution in [1.29, 1.82) is 0 Å². The number of benzene rings is 2. The zero-order chi connectivity index (χ0) is 27.3. The Hall–Kier alpha value is -3.80. The van der Waals surface area contributed by atoms with E-state index in [0.717, 1.165) is 25.0 Å². The first kappa shape index (κ1) is 27.2. The van der Waals surface area contributed by atoms with Gasteiger partial charge in [0.2, 0.25) is 5.91 Å². The zero-order valence-corrected chi connectivity index (χ0v) is 21.0. The number of halogens is 3. The second-order valence-electron chi connectivity index (χ2n) is 9.20. The molecule has 2 aliphatic rings. The molecule has 12 heteroatoms. The normalized spacial score (nSPS) is 15.9. The molecule has 38 heavy (non-hydrogen) atoms. The zero-order valence-electron chi connectivity index (χ0n) is 21.0. The Morgan fingerprint density at radius 2 is 1.55 bits per heavy atom. The smallest absolute Gasteiger partial charge is 0.375 e. The average molecular weight is 534 g/mol. The van der Waals surface area contributed by atoms with E-state index >= 15 is 0 Å². The van der Waals surface area contributed by atoms with Crippen LogP contribution in [0.5, 0.6) is 0 Å². The largest absolute Gasteiger partial charge is 0.416 e. The first-order chi connectivity index (χ1) is 18.2. The molecule has 4 rings (SSSR count). The van der Waals surface area contributed by atoms with Crippen molar-refractivity contribution < 1.29 is 32.3 Å². The van der Waals surface area contributed by atoms with E-state index in [1.54, 1.807) is 23.1 Å². The van der Waals surface area contributed by atoms with E-state index in [1.807, 2.05) is 4.90 Å². The third kappa shape index (κ3) is 6.55. The van der Waals surface area contributed by atoms with Gasteiger partial charge >= 0.3 is 12.2 Å². The van der Waals surface area contributed by atoms with Gasteiger partial charge in [-0.1, -0.05) is 6.07 Å². The van der Waals surface area contributed by atoms with Crippen LogP contribution >= 0.6 is 0 Å². The van der Waals surface area contributed by atoms with Crippen LogP contribution in [0.25, 0.3) is 0 Å². The second-order valence-corrected chi connectivity index (χ2v) is 9.20. The van der Waals surface area contributed by atoms with Gasteiger partial charge in [0.15, 0.2) is 0 Å². The summed E-state index contributed by atoms with van der Waals surface area (Å²) in [5.41, 5.74) is 0.875. The lowest BCUT2D eigenvalue weighted by atomic mass is 10.1. The lowest BCUT2D eigenvalue weighted by Gasteiger charge is -2.37. The number of piperazine rings is 1. The molecule has 2 aromatic carbocycles.